The third kappa shape index (κ3) is 5.21. The van der Waals surface area contributed by atoms with Crippen molar-refractivity contribution in [2.45, 2.75) is 17.6 Å². The van der Waals surface area contributed by atoms with E-state index in [-0.39, 0.29) is 18.2 Å². The van der Waals surface area contributed by atoms with E-state index in [0.29, 0.717) is 22.4 Å². The number of nitrogens with zero attached hydrogens (tertiary/aromatic N) is 2. The lowest BCUT2D eigenvalue weighted by Gasteiger charge is -2.33. The predicted molar refractivity (Wildman–Crippen MR) is 129 cm³/mol. The Hall–Kier alpha value is -3.09. The number of hydrogen-bond donors (Lipinski definition) is 1. The summed E-state index contributed by atoms with van der Waals surface area (Å²) in [7, 11) is 0. The van der Waals surface area contributed by atoms with Gasteiger partial charge < -0.3 is 5.11 Å². The highest BCUT2D eigenvalue weighted by atomic mass is 35.5. The van der Waals surface area contributed by atoms with Gasteiger partial charge in [-0.1, -0.05) is 84.0 Å². The Morgan fingerprint density at radius 3 is 2.09 bits per heavy atom. The van der Waals surface area contributed by atoms with E-state index in [1.165, 1.54) is 0 Å². The van der Waals surface area contributed by atoms with E-state index >= 15 is 0 Å². The first-order valence-corrected chi connectivity index (χ1v) is 11.4. The highest BCUT2D eigenvalue weighted by Gasteiger charge is 2.37. The molecule has 1 N–H and O–H groups in total. The van der Waals surface area contributed by atoms with Crippen molar-refractivity contribution < 1.29 is 14.7 Å². The Balaban J connectivity index is 1.72. The second-order valence-electron chi connectivity index (χ2n) is 7.40. The van der Waals surface area contributed by atoms with Crippen molar-refractivity contribution in [1.82, 2.24) is 4.90 Å². The van der Waals surface area contributed by atoms with Crippen LogP contribution >= 0.6 is 23.4 Å². The van der Waals surface area contributed by atoms with Gasteiger partial charge in [-0.15, -0.1) is 0 Å². The smallest absolute Gasteiger partial charge is 0.317 e. The van der Waals surface area contributed by atoms with Gasteiger partial charge in [0.15, 0.2) is 5.17 Å². The van der Waals surface area contributed by atoms with Gasteiger partial charge in [-0.25, -0.2) is 4.99 Å². The number of amides is 1. The highest BCUT2D eigenvalue weighted by Crippen LogP contribution is 2.33. The maximum Gasteiger partial charge on any atom is 0.317 e. The average molecular weight is 465 g/mol. The number of carbonyl (C=O) groups excluding carboxylic acids is 1. The number of carbonyl (C=O) groups is 2. The van der Waals surface area contributed by atoms with Crippen molar-refractivity contribution in [3.8, 4) is 0 Å². The van der Waals surface area contributed by atoms with Crippen LogP contribution in [0.2, 0.25) is 5.02 Å². The average Bonchev–Trinajstić information content (AvgIpc) is 2.81. The van der Waals surface area contributed by atoms with Crippen LogP contribution in [0.3, 0.4) is 0 Å². The van der Waals surface area contributed by atoms with E-state index in [2.05, 4.69) is 4.99 Å². The van der Waals surface area contributed by atoms with Gasteiger partial charge in [0.05, 0.1) is 12.1 Å². The fourth-order valence-corrected chi connectivity index (χ4v) is 4.76. The minimum absolute atomic E-state index is 0.0735. The molecule has 1 aliphatic rings. The normalized spacial score (nSPS) is 17.7. The second kappa shape index (κ2) is 10.0. The summed E-state index contributed by atoms with van der Waals surface area (Å²) in [4.78, 5) is 31.0. The molecule has 5 nitrogen and oxygen atoms in total. The number of aliphatic imine (C=N–C) groups is 1. The number of carboxylic acid groups (broad SMARTS) is 1. The van der Waals surface area contributed by atoms with E-state index in [1.807, 2.05) is 60.7 Å². The van der Waals surface area contributed by atoms with E-state index in [4.69, 9.17) is 11.6 Å². The van der Waals surface area contributed by atoms with E-state index in [9.17, 15) is 14.7 Å². The zero-order valence-electron chi connectivity index (χ0n) is 17.1. The van der Waals surface area contributed by atoms with Crippen LogP contribution in [0, 0.1) is 0 Å². The maximum absolute atomic E-state index is 13.1. The summed E-state index contributed by atoms with van der Waals surface area (Å²) in [5.74, 6) is -1.35. The Morgan fingerprint density at radius 2 is 1.56 bits per heavy atom. The summed E-state index contributed by atoms with van der Waals surface area (Å²) in [6, 6.07) is 26.9. The Labute approximate surface area is 195 Å². The minimum Gasteiger partial charge on any atom is -0.480 e. The number of benzene rings is 3. The first-order valence-electron chi connectivity index (χ1n) is 10.2. The second-order valence-corrected chi connectivity index (χ2v) is 9.00. The molecule has 3 aromatic rings. The molecule has 1 amide bonds. The lowest BCUT2D eigenvalue weighted by atomic mass is 9.91. The van der Waals surface area contributed by atoms with Gasteiger partial charge in [-0.2, -0.15) is 0 Å². The molecule has 162 valence electrons. The van der Waals surface area contributed by atoms with Crippen LogP contribution in [-0.4, -0.2) is 38.8 Å². The van der Waals surface area contributed by atoms with Gasteiger partial charge in [0.2, 0.25) is 5.91 Å². The molecule has 7 heteroatoms. The molecular formula is C25H21ClN2O3S. The number of aliphatic carboxylic acids is 1. The molecule has 4 rings (SSSR count). The number of rotatable bonds is 6. The highest BCUT2D eigenvalue weighted by molar-refractivity contribution is 8.15. The molecule has 1 saturated heterocycles. The standard InChI is InChI=1S/C25H21ClN2O3S/c26-19-11-13-20(14-12-19)27-25-28(23(29)15-22(32-25)24(30)31)16-21(17-7-3-1-4-8-17)18-9-5-2-6-10-18/h1-14,21-22H,15-16H2,(H,30,31). The van der Waals surface area contributed by atoms with Crippen LogP contribution in [0.15, 0.2) is 89.9 Å². The number of thioether (sulfide) groups is 1. The minimum atomic E-state index is -1.02. The lowest BCUT2D eigenvalue weighted by molar-refractivity contribution is -0.139. The lowest BCUT2D eigenvalue weighted by Crippen LogP contribution is -2.45. The Morgan fingerprint density at radius 1 is 1.00 bits per heavy atom. The van der Waals surface area contributed by atoms with Crippen LogP contribution in [0.4, 0.5) is 5.69 Å². The first-order chi connectivity index (χ1) is 15.5. The molecule has 0 aromatic heterocycles. The SMILES string of the molecule is O=C(O)C1CC(=O)N(CC(c2ccccc2)c2ccccc2)C(=Nc2ccc(Cl)cc2)S1. The van der Waals surface area contributed by atoms with Crippen molar-refractivity contribution >= 4 is 46.1 Å². The van der Waals surface area contributed by atoms with Crippen LogP contribution in [0.5, 0.6) is 0 Å². The maximum atomic E-state index is 13.1. The molecule has 1 atom stereocenters. The summed E-state index contributed by atoms with van der Waals surface area (Å²) < 4.78 is 0. The quantitative estimate of drug-likeness (QED) is 0.517. The summed E-state index contributed by atoms with van der Waals surface area (Å²) in [6.07, 6.45) is -0.0735. The van der Waals surface area contributed by atoms with Gasteiger partial charge >= 0.3 is 5.97 Å². The van der Waals surface area contributed by atoms with Crippen LogP contribution in [0.25, 0.3) is 0 Å². The number of hydrogen-bond acceptors (Lipinski definition) is 4. The van der Waals surface area contributed by atoms with Crippen LogP contribution < -0.4 is 0 Å². The van der Waals surface area contributed by atoms with E-state index in [1.54, 1.807) is 29.2 Å². The molecule has 0 spiro atoms. The summed E-state index contributed by atoms with van der Waals surface area (Å²) in [5.41, 5.74) is 2.75. The summed E-state index contributed by atoms with van der Waals surface area (Å²) in [6.45, 7) is 0.360. The molecule has 3 aromatic carbocycles. The fraction of sp³-hybridized carbons (Fsp3) is 0.160. The fourth-order valence-electron chi connectivity index (χ4n) is 3.59. The first kappa shape index (κ1) is 22.1. The topological polar surface area (TPSA) is 70.0 Å². The van der Waals surface area contributed by atoms with Gasteiger partial charge in [0.25, 0.3) is 0 Å². The molecular weight excluding hydrogens is 444 g/mol. The van der Waals surface area contributed by atoms with Gasteiger partial charge in [-0.3, -0.25) is 14.5 Å². The molecule has 0 saturated carbocycles. The molecule has 1 unspecified atom stereocenters. The van der Waals surface area contributed by atoms with Gasteiger partial charge in [0, 0.05) is 17.5 Å². The van der Waals surface area contributed by atoms with Crippen molar-refractivity contribution in [3.05, 3.63) is 101 Å². The van der Waals surface area contributed by atoms with Gasteiger partial charge in [-0.05, 0) is 35.4 Å². The van der Waals surface area contributed by atoms with Crippen molar-refractivity contribution in [2.75, 3.05) is 6.54 Å². The molecule has 0 radical (unpaired) electrons. The zero-order chi connectivity index (χ0) is 22.5. The Bertz CT molecular complexity index is 1080. The zero-order valence-corrected chi connectivity index (χ0v) is 18.7. The number of halogens is 1. The molecule has 1 heterocycles. The van der Waals surface area contributed by atoms with Crippen LogP contribution in [0.1, 0.15) is 23.5 Å². The predicted octanol–water partition coefficient (Wildman–Crippen LogP) is 5.58. The molecule has 0 aliphatic carbocycles. The van der Waals surface area contributed by atoms with Crippen molar-refractivity contribution in [2.24, 2.45) is 4.99 Å². The molecule has 32 heavy (non-hydrogen) atoms. The Kier molecular flexibility index (Phi) is 6.93. The summed E-state index contributed by atoms with van der Waals surface area (Å²) >= 11 is 7.08. The monoisotopic (exact) mass is 464 g/mol. The summed E-state index contributed by atoms with van der Waals surface area (Å²) in [5, 5.41) is 9.63. The third-order valence-electron chi connectivity index (χ3n) is 5.24. The van der Waals surface area contributed by atoms with Crippen molar-refractivity contribution in [1.29, 1.82) is 0 Å². The van der Waals surface area contributed by atoms with Gasteiger partial charge in [0.1, 0.15) is 5.25 Å². The molecule has 1 aliphatic heterocycles. The third-order valence-corrected chi connectivity index (χ3v) is 6.66. The number of carboxylic acids is 1. The van der Waals surface area contributed by atoms with E-state index < -0.39 is 11.2 Å². The largest absolute Gasteiger partial charge is 0.480 e. The molecule has 1 fully saturated rings. The van der Waals surface area contributed by atoms with E-state index in [0.717, 1.165) is 22.9 Å². The van der Waals surface area contributed by atoms with Crippen molar-refractivity contribution in [3.63, 3.8) is 0 Å². The number of amidine groups is 1. The van der Waals surface area contributed by atoms with Crippen LogP contribution in [-0.2, 0) is 9.59 Å². The molecule has 0 bridgehead atoms.